The first-order valence-corrected chi connectivity index (χ1v) is 8.56. The van der Waals surface area contributed by atoms with E-state index in [1.165, 1.54) is 0 Å². The van der Waals surface area contributed by atoms with Crippen molar-refractivity contribution in [2.45, 2.75) is 33.2 Å². The second kappa shape index (κ2) is 6.91. The summed E-state index contributed by atoms with van der Waals surface area (Å²) >= 11 is 6.27. The average Bonchev–Trinajstić information content (AvgIpc) is 3.03. The van der Waals surface area contributed by atoms with Crippen LogP contribution in [0.4, 0.5) is 0 Å². The van der Waals surface area contributed by atoms with Crippen LogP contribution in [0.5, 0.6) is 0 Å². The summed E-state index contributed by atoms with van der Waals surface area (Å²) in [6, 6.07) is 9.79. The molecule has 4 nitrogen and oxygen atoms in total. The maximum atomic E-state index is 9.37. The number of aliphatic hydroxyl groups excluding tert-OH is 1. The first-order chi connectivity index (χ1) is 11.5. The SMILES string of the molecule is CC(C)(CO)CCCn1ccnc1-c1ccc2cccc(Cl)c2n1. The number of aromatic nitrogens is 3. The molecule has 0 atom stereocenters. The largest absolute Gasteiger partial charge is 0.396 e. The van der Waals surface area contributed by atoms with Crippen LogP contribution in [0.15, 0.2) is 42.7 Å². The summed E-state index contributed by atoms with van der Waals surface area (Å²) in [5.41, 5.74) is 1.57. The van der Waals surface area contributed by atoms with Crippen molar-refractivity contribution in [3.63, 3.8) is 0 Å². The van der Waals surface area contributed by atoms with Gasteiger partial charge in [-0.2, -0.15) is 0 Å². The van der Waals surface area contributed by atoms with Gasteiger partial charge < -0.3 is 9.67 Å². The molecule has 2 heterocycles. The molecule has 0 fully saturated rings. The van der Waals surface area contributed by atoms with Crippen molar-refractivity contribution in [2.24, 2.45) is 5.41 Å². The van der Waals surface area contributed by atoms with Crippen LogP contribution in [0.3, 0.4) is 0 Å². The molecule has 3 aromatic rings. The number of hydrogen-bond donors (Lipinski definition) is 1. The topological polar surface area (TPSA) is 50.9 Å². The Kier molecular flexibility index (Phi) is 4.88. The van der Waals surface area contributed by atoms with Crippen LogP contribution in [0.2, 0.25) is 5.02 Å². The summed E-state index contributed by atoms with van der Waals surface area (Å²) in [5, 5.41) is 11.0. The van der Waals surface area contributed by atoms with Gasteiger partial charge in [0, 0.05) is 30.9 Å². The maximum Gasteiger partial charge on any atom is 0.158 e. The first-order valence-electron chi connectivity index (χ1n) is 8.18. The fourth-order valence-corrected chi connectivity index (χ4v) is 2.99. The van der Waals surface area contributed by atoms with Crippen molar-refractivity contribution in [1.29, 1.82) is 0 Å². The van der Waals surface area contributed by atoms with Crippen molar-refractivity contribution < 1.29 is 5.11 Å². The minimum absolute atomic E-state index is 0.0462. The Hall–Kier alpha value is -1.91. The van der Waals surface area contributed by atoms with E-state index in [4.69, 9.17) is 16.6 Å². The highest BCUT2D eigenvalue weighted by atomic mass is 35.5. The van der Waals surface area contributed by atoms with Gasteiger partial charge >= 0.3 is 0 Å². The zero-order valence-electron chi connectivity index (χ0n) is 14.0. The van der Waals surface area contributed by atoms with Crippen LogP contribution >= 0.6 is 11.6 Å². The Morgan fingerprint density at radius 1 is 1.21 bits per heavy atom. The minimum atomic E-state index is -0.0462. The van der Waals surface area contributed by atoms with Gasteiger partial charge in [-0.25, -0.2) is 9.97 Å². The predicted octanol–water partition coefficient (Wildman–Crippen LogP) is 4.55. The second-order valence-corrected chi connectivity index (χ2v) is 7.29. The zero-order valence-corrected chi connectivity index (χ0v) is 14.8. The molecule has 0 aliphatic rings. The molecule has 5 heteroatoms. The monoisotopic (exact) mass is 343 g/mol. The number of hydrogen-bond acceptors (Lipinski definition) is 3. The average molecular weight is 344 g/mol. The number of rotatable bonds is 6. The maximum absolute atomic E-state index is 9.37. The van der Waals surface area contributed by atoms with E-state index < -0.39 is 0 Å². The van der Waals surface area contributed by atoms with Gasteiger partial charge in [0.25, 0.3) is 0 Å². The summed E-state index contributed by atoms with van der Waals surface area (Å²) in [7, 11) is 0. The molecule has 1 N–H and O–H groups in total. The minimum Gasteiger partial charge on any atom is -0.396 e. The molecular weight excluding hydrogens is 322 g/mol. The molecule has 126 valence electrons. The fourth-order valence-electron chi connectivity index (χ4n) is 2.77. The van der Waals surface area contributed by atoms with Gasteiger partial charge in [0.1, 0.15) is 5.69 Å². The Labute approximate surface area is 147 Å². The summed E-state index contributed by atoms with van der Waals surface area (Å²) in [4.78, 5) is 9.16. The number of pyridine rings is 1. The quantitative estimate of drug-likeness (QED) is 0.714. The number of para-hydroxylation sites is 1. The van der Waals surface area contributed by atoms with Gasteiger partial charge in [-0.05, 0) is 30.4 Å². The number of nitrogens with zero attached hydrogens (tertiary/aromatic N) is 3. The van der Waals surface area contributed by atoms with Crippen LogP contribution in [-0.2, 0) is 6.54 Å². The zero-order chi connectivity index (χ0) is 17.2. The third-order valence-corrected chi connectivity index (χ3v) is 4.60. The van der Waals surface area contributed by atoms with E-state index in [1.54, 1.807) is 6.20 Å². The molecule has 0 saturated heterocycles. The molecular formula is C19H22ClN3O. The lowest BCUT2D eigenvalue weighted by atomic mass is 9.89. The van der Waals surface area contributed by atoms with Crippen LogP contribution in [-0.4, -0.2) is 26.2 Å². The van der Waals surface area contributed by atoms with Gasteiger partial charge in [0.2, 0.25) is 0 Å². The van der Waals surface area contributed by atoms with E-state index in [9.17, 15) is 5.11 Å². The molecule has 3 rings (SSSR count). The van der Waals surface area contributed by atoms with E-state index in [0.717, 1.165) is 41.8 Å². The molecule has 0 bridgehead atoms. The van der Waals surface area contributed by atoms with Crippen LogP contribution in [0, 0.1) is 5.41 Å². The van der Waals surface area contributed by atoms with Crippen LogP contribution in [0.1, 0.15) is 26.7 Å². The molecule has 0 aliphatic heterocycles. The molecule has 1 aromatic carbocycles. The van der Waals surface area contributed by atoms with Gasteiger partial charge in [0.05, 0.1) is 10.5 Å². The van der Waals surface area contributed by atoms with Crippen molar-refractivity contribution >= 4 is 22.5 Å². The normalized spacial score (nSPS) is 12.0. The highest BCUT2D eigenvalue weighted by Crippen LogP contribution is 2.26. The Morgan fingerprint density at radius 2 is 2.04 bits per heavy atom. The van der Waals surface area contributed by atoms with Gasteiger partial charge in [-0.15, -0.1) is 0 Å². The number of aryl methyl sites for hydroxylation is 1. The molecule has 24 heavy (non-hydrogen) atoms. The lowest BCUT2D eigenvalue weighted by Crippen LogP contribution is -2.17. The number of benzene rings is 1. The molecule has 0 radical (unpaired) electrons. The first kappa shape index (κ1) is 16.9. The molecule has 0 amide bonds. The lowest BCUT2D eigenvalue weighted by Gasteiger charge is -2.21. The summed E-state index contributed by atoms with van der Waals surface area (Å²) in [6.45, 7) is 5.21. The molecule has 0 unspecified atom stereocenters. The van der Waals surface area contributed by atoms with Crippen LogP contribution in [0.25, 0.3) is 22.4 Å². The number of imidazole rings is 1. The Morgan fingerprint density at radius 3 is 2.83 bits per heavy atom. The summed E-state index contributed by atoms with van der Waals surface area (Å²) in [5.74, 6) is 0.846. The smallest absolute Gasteiger partial charge is 0.158 e. The summed E-state index contributed by atoms with van der Waals surface area (Å²) in [6.07, 6.45) is 5.70. The van der Waals surface area contributed by atoms with Crippen molar-refractivity contribution in [3.05, 3.63) is 47.7 Å². The lowest BCUT2D eigenvalue weighted by molar-refractivity contribution is 0.146. The van der Waals surface area contributed by atoms with E-state index >= 15 is 0 Å². The fraction of sp³-hybridized carbons (Fsp3) is 0.368. The van der Waals surface area contributed by atoms with Gasteiger partial charge in [0.15, 0.2) is 5.82 Å². The van der Waals surface area contributed by atoms with Crippen molar-refractivity contribution in [3.8, 4) is 11.5 Å². The molecule has 0 aliphatic carbocycles. The Balaban J connectivity index is 1.83. The molecule has 2 aromatic heterocycles. The molecule has 0 spiro atoms. The van der Waals surface area contributed by atoms with Gasteiger partial charge in [-0.3, -0.25) is 0 Å². The van der Waals surface area contributed by atoms with E-state index in [1.807, 2.05) is 36.5 Å². The highest BCUT2D eigenvalue weighted by Gasteiger charge is 2.16. The standard InChI is InChI=1S/C19H22ClN3O/c1-19(2,13-24)9-4-11-23-12-10-21-18(23)16-8-7-14-5-3-6-15(20)17(14)22-16/h3,5-8,10,12,24H,4,9,11,13H2,1-2H3. The van der Waals surface area contributed by atoms with E-state index in [-0.39, 0.29) is 12.0 Å². The molecule has 0 saturated carbocycles. The highest BCUT2D eigenvalue weighted by molar-refractivity contribution is 6.35. The van der Waals surface area contributed by atoms with E-state index in [2.05, 4.69) is 23.4 Å². The van der Waals surface area contributed by atoms with E-state index in [0.29, 0.717) is 5.02 Å². The third-order valence-electron chi connectivity index (χ3n) is 4.30. The number of aliphatic hydroxyl groups is 1. The second-order valence-electron chi connectivity index (χ2n) is 6.88. The number of fused-ring (bicyclic) bond motifs is 1. The predicted molar refractivity (Wildman–Crippen MR) is 98.1 cm³/mol. The van der Waals surface area contributed by atoms with Crippen molar-refractivity contribution in [1.82, 2.24) is 14.5 Å². The van der Waals surface area contributed by atoms with Crippen molar-refractivity contribution in [2.75, 3.05) is 6.61 Å². The van der Waals surface area contributed by atoms with Gasteiger partial charge in [-0.1, -0.05) is 43.6 Å². The van der Waals surface area contributed by atoms with Crippen LogP contribution < -0.4 is 0 Å². The summed E-state index contributed by atoms with van der Waals surface area (Å²) < 4.78 is 2.11. The Bertz CT molecular complexity index is 841. The third kappa shape index (κ3) is 3.60. The number of halogens is 1.